The monoisotopic (exact) mass is 475 g/mol. The lowest BCUT2D eigenvalue weighted by Gasteiger charge is -2.31. The number of anilines is 1. The quantitative estimate of drug-likeness (QED) is 0.419. The molecule has 1 aliphatic rings. The van der Waals surface area contributed by atoms with Crippen LogP contribution in [0.3, 0.4) is 0 Å². The molecule has 4 heterocycles. The molecule has 2 N–H and O–H groups in total. The van der Waals surface area contributed by atoms with Crippen molar-refractivity contribution >= 4 is 27.9 Å². The first kappa shape index (κ1) is 22.6. The highest BCUT2D eigenvalue weighted by molar-refractivity contribution is 5.83. The number of hydrogen-bond acceptors (Lipinski definition) is 8. The van der Waals surface area contributed by atoms with E-state index in [-0.39, 0.29) is 30.3 Å². The van der Waals surface area contributed by atoms with Crippen LogP contribution in [0.25, 0.3) is 21.9 Å². The van der Waals surface area contributed by atoms with Crippen molar-refractivity contribution in [3.05, 3.63) is 61.2 Å². The summed E-state index contributed by atoms with van der Waals surface area (Å²) in [6.45, 7) is 3.15. The molecular weight excluding hydrogens is 450 g/mol. The summed E-state index contributed by atoms with van der Waals surface area (Å²) in [6.07, 6.45) is 1.83. The number of nitrogens with two attached hydrogens (primary N) is 1. The minimum atomic E-state index is -0.583. The Hall–Kier alpha value is -4.17. The Morgan fingerprint density at radius 3 is 2.69 bits per heavy atom. The van der Waals surface area contributed by atoms with E-state index < -0.39 is 16.9 Å². The van der Waals surface area contributed by atoms with Crippen LogP contribution in [0.1, 0.15) is 25.5 Å². The zero-order valence-electron chi connectivity index (χ0n) is 19.5. The number of nitrogens with zero attached hydrogens (tertiary/aromatic N) is 6. The van der Waals surface area contributed by atoms with Crippen molar-refractivity contribution in [3.8, 4) is 11.8 Å². The van der Waals surface area contributed by atoms with Crippen LogP contribution < -0.4 is 27.5 Å². The van der Waals surface area contributed by atoms with Gasteiger partial charge < -0.3 is 15.2 Å². The molecule has 11 nitrogen and oxygen atoms in total. The van der Waals surface area contributed by atoms with Crippen molar-refractivity contribution in [1.82, 2.24) is 23.8 Å². The fourth-order valence-electron chi connectivity index (χ4n) is 4.61. The summed E-state index contributed by atoms with van der Waals surface area (Å²) in [6, 6.07) is 6.79. The van der Waals surface area contributed by atoms with Crippen molar-refractivity contribution in [2.24, 2.45) is 12.8 Å². The maximum Gasteiger partial charge on any atom is 0.366 e. The highest BCUT2D eigenvalue weighted by atomic mass is 16.5. The standard InChI is InChI=1S/C24H25N7O4/c1-3-4-12-30-19-20(26-23(30)29-11-7-8-15(25)13-29)28(2)24(34)31(21(19)32)14-18-16-9-5-6-10-17(16)22(33)35-27-18/h5-6,9-10,15H,7-8,11-14,25H2,1-2H3. The van der Waals surface area contributed by atoms with Crippen molar-refractivity contribution in [3.63, 3.8) is 0 Å². The molecular formula is C24H25N7O4. The van der Waals surface area contributed by atoms with Gasteiger partial charge in [-0.05, 0) is 25.8 Å². The van der Waals surface area contributed by atoms with Gasteiger partial charge in [-0.25, -0.2) is 9.59 Å². The first-order valence-corrected chi connectivity index (χ1v) is 11.4. The van der Waals surface area contributed by atoms with Gasteiger partial charge in [-0.2, -0.15) is 4.98 Å². The van der Waals surface area contributed by atoms with Gasteiger partial charge in [0.1, 0.15) is 5.69 Å². The molecule has 1 aromatic carbocycles. The second-order valence-electron chi connectivity index (χ2n) is 8.64. The smallest absolute Gasteiger partial charge is 0.341 e. The summed E-state index contributed by atoms with van der Waals surface area (Å²) < 4.78 is 9.11. The van der Waals surface area contributed by atoms with Crippen molar-refractivity contribution in [2.45, 2.75) is 38.9 Å². The molecule has 5 rings (SSSR count). The molecule has 0 radical (unpaired) electrons. The number of fused-ring (bicyclic) bond motifs is 2. The minimum absolute atomic E-state index is 0.00170. The lowest BCUT2D eigenvalue weighted by atomic mass is 10.1. The molecule has 1 unspecified atom stereocenters. The van der Waals surface area contributed by atoms with Crippen LogP contribution in [0.5, 0.6) is 0 Å². The van der Waals surface area contributed by atoms with Gasteiger partial charge in [-0.1, -0.05) is 29.3 Å². The number of aromatic nitrogens is 5. The van der Waals surface area contributed by atoms with Crippen molar-refractivity contribution in [2.75, 3.05) is 18.0 Å². The fraction of sp³-hybridized carbons (Fsp3) is 0.375. The van der Waals surface area contributed by atoms with Gasteiger partial charge in [0, 0.05) is 31.6 Å². The predicted octanol–water partition coefficient (Wildman–Crippen LogP) is 0.397. The van der Waals surface area contributed by atoms with E-state index in [2.05, 4.69) is 17.0 Å². The lowest BCUT2D eigenvalue weighted by molar-refractivity contribution is 0.363. The summed E-state index contributed by atoms with van der Waals surface area (Å²) in [4.78, 5) is 45.8. The average molecular weight is 476 g/mol. The van der Waals surface area contributed by atoms with Crippen LogP contribution in [0.4, 0.5) is 5.95 Å². The molecule has 4 aromatic rings. The Morgan fingerprint density at radius 2 is 1.94 bits per heavy atom. The first-order chi connectivity index (χ1) is 16.9. The van der Waals surface area contributed by atoms with Gasteiger partial charge in [0.15, 0.2) is 11.2 Å². The van der Waals surface area contributed by atoms with Crippen molar-refractivity contribution < 1.29 is 4.52 Å². The van der Waals surface area contributed by atoms with E-state index in [4.69, 9.17) is 15.2 Å². The van der Waals surface area contributed by atoms with Crippen LogP contribution >= 0.6 is 0 Å². The molecule has 1 aliphatic heterocycles. The minimum Gasteiger partial charge on any atom is -0.341 e. The number of benzene rings is 1. The highest BCUT2D eigenvalue weighted by Crippen LogP contribution is 2.23. The summed E-state index contributed by atoms with van der Waals surface area (Å²) >= 11 is 0. The topological polar surface area (TPSA) is 134 Å². The van der Waals surface area contributed by atoms with Gasteiger partial charge in [-0.3, -0.25) is 18.5 Å². The summed E-state index contributed by atoms with van der Waals surface area (Å²) in [5.74, 6) is 6.44. The van der Waals surface area contributed by atoms with Crippen LogP contribution in [-0.4, -0.2) is 43.0 Å². The zero-order valence-corrected chi connectivity index (χ0v) is 19.5. The van der Waals surface area contributed by atoms with Gasteiger partial charge in [0.25, 0.3) is 5.56 Å². The van der Waals surface area contributed by atoms with Crippen LogP contribution in [0, 0.1) is 11.8 Å². The van der Waals surface area contributed by atoms with E-state index in [0.717, 1.165) is 24.0 Å². The van der Waals surface area contributed by atoms with Crippen LogP contribution in [0.2, 0.25) is 0 Å². The van der Waals surface area contributed by atoms with Crippen molar-refractivity contribution in [1.29, 1.82) is 0 Å². The third-order valence-corrected chi connectivity index (χ3v) is 6.37. The summed E-state index contributed by atoms with van der Waals surface area (Å²) in [5.41, 5.74) is 5.40. The normalized spacial score (nSPS) is 16.0. The van der Waals surface area contributed by atoms with Gasteiger partial charge >= 0.3 is 11.3 Å². The lowest BCUT2D eigenvalue weighted by Crippen LogP contribution is -2.44. The summed E-state index contributed by atoms with van der Waals surface area (Å²) in [7, 11) is 1.58. The van der Waals surface area contributed by atoms with E-state index >= 15 is 0 Å². The van der Waals surface area contributed by atoms with E-state index in [9.17, 15) is 14.4 Å². The first-order valence-electron chi connectivity index (χ1n) is 11.4. The Bertz CT molecular complexity index is 1680. The second-order valence-corrected chi connectivity index (χ2v) is 8.64. The third-order valence-electron chi connectivity index (χ3n) is 6.37. The molecule has 3 aromatic heterocycles. The molecule has 0 saturated carbocycles. The Morgan fingerprint density at radius 1 is 1.17 bits per heavy atom. The predicted molar refractivity (Wildman–Crippen MR) is 131 cm³/mol. The number of piperidine rings is 1. The molecule has 0 bridgehead atoms. The van der Waals surface area contributed by atoms with Gasteiger partial charge in [0.2, 0.25) is 5.95 Å². The van der Waals surface area contributed by atoms with E-state index in [0.29, 0.717) is 29.0 Å². The third kappa shape index (κ3) is 3.81. The Labute approximate surface area is 199 Å². The molecule has 1 fully saturated rings. The number of hydrogen-bond donors (Lipinski definition) is 1. The molecule has 1 atom stereocenters. The molecule has 11 heteroatoms. The Kier molecular flexibility index (Phi) is 5.74. The van der Waals surface area contributed by atoms with Gasteiger partial charge in [-0.15, -0.1) is 5.92 Å². The number of rotatable bonds is 4. The number of aryl methyl sites for hydroxylation is 1. The zero-order chi connectivity index (χ0) is 24.7. The molecule has 0 amide bonds. The fourth-order valence-corrected chi connectivity index (χ4v) is 4.61. The number of imidazole rings is 1. The molecule has 1 saturated heterocycles. The summed E-state index contributed by atoms with van der Waals surface area (Å²) in [5, 5.41) is 4.74. The van der Waals surface area contributed by atoms with E-state index in [1.54, 1.807) is 42.8 Å². The molecule has 0 aliphatic carbocycles. The molecule has 180 valence electrons. The largest absolute Gasteiger partial charge is 0.366 e. The maximum atomic E-state index is 13.7. The van der Waals surface area contributed by atoms with E-state index in [1.807, 2.05) is 4.90 Å². The maximum absolute atomic E-state index is 13.7. The SMILES string of the molecule is CC#CCn1c(N2CCCC(N)C2)nc2c1c(=O)n(Cc1noc(=O)c3ccccc13)c(=O)n2C. The highest BCUT2D eigenvalue weighted by Gasteiger charge is 2.26. The van der Waals surface area contributed by atoms with Crippen LogP contribution in [0.15, 0.2) is 43.2 Å². The van der Waals surface area contributed by atoms with Gasteiger partial charge in [0.05, 0.1) is 18.5 Å². The van der Waals surface area contributed by atoms with Crippen LogP contribution in [-0.2, 0) is 20.1 Å². The van der Waals surface area contributed by atoms with E-state index in [1.165, 1.54) is 4.57 Å². The molecule has 0 spiro atoms. The Balaban J connectivity index is 1.73. The second kappa shape index (κ2) is 8.88. The average Bonchev–Trinajstić information content (AvgIpc) is 3.25. The molecule has 35 heavy (non-hydrogen) atoms.